The van der Waals surface area contributed by atoms with Gasteiger partial charge in [-0.15, -0.1) is 6.58 Å². The molecule has 1 atom stereocenters. The van der Waals surface area contributed by atoms with Crippen LogP contribution in [0.25, 0.3) is 0 Å². The van der Waals surface area contributed by atoms with Crippen molar-refractivity contribution in [3.63, 3.8) is 0 Å². The van der Waals surface area contributed by atoms with Crippen LogP contribution in [-0.4, -0.2) is 24.7 Å². The topological polar surface area (TPSA) is 71.4 Å². The Morgan fingerprint density at radius 3 is 2.53 bits per heavy atom. The molecule has 17 heavy (non-hydrogen) atoms. The van der Waals surface area contributed by atoms with E-state index in [1.807, 2.05) is 0 Å². The summed E-state index contributed by atoms with van der Waals surface area (Å²) in [4.78, 5) is 10.9. The molecule has 1 rings (SSSR count). The van der Waals surface area contributed by atoms with Gasteiger partial charge >= 0.3 is 5.97 Å². The van der Waals surface area contributed by atoms with Crippen LogP contribution in [0.15, 0.2) is 35.7 Å². The van der Waals surface area contributed by atoms with Crippen molar-refractivity contribution in [2.45, 2.75) is 24.0 Å². The molecule has 0 heterocycles. The first-order valence-corrected chi connectivity index (χ1v) is 6.55. The van der Waals surface area contributed by atoms with Crippen LogP contribution in [0, 0.1) is 6.92 Å². The number of carbonyl (C=O) groups is 1. The largest absolute Gasteiger partial charge is 0.478 e. The van der Waals surface area contributed by atoms with E-state index >= 15 is 0 Å². The second-order valence-electron chi connectivity index (χ2n) is 3.77. The average molecular weight is 254 g/mol. The Hall–Kier alpha value is -1.62. The molecule has 0 aliphatic rings. The lowest BCUT2D eigenvalue weighted by molar-refractivity contribution is 0.0696. The lowest BCUT2D eigenvalue weighted by Gasteiger charge is -2.10. The minimum atomic E-state index is -3.54. The van der Waals surface area contributed by atoms with Gasteiger partial charge in [-0.1, -0.05) is 12.1 Å². The number of carboxylic acids is 1. The molecule has 0 saturated heterocycles. The van der Waals surface area contributed by atoms with Gasteiger partial charge in [-0.2, -0.15) is 0 Å². The molecule has 1 unspecified atom stereocenters. The van der Waals surface area contributed by atoms with Crippen LogP contribution in [0.1, 0.15) is 22.8 Å². The third kappa shape index (κ3) is 2.55. The monoisotopic (exact) mass is 254 g/mol. The highest BCUT2D eigenvalue weighted by Crippen LogP contribution is 2.20. The molecule has 1 aromatic rings. The van der Waals surface area contributed by atoms with E-state index < -0.39 is 21.1 Å². The normalized spacial score (nSPS) is 13.1. The molecule has 92 valence electrons. The lowest BCUT2D eigenvalue weighted by Crippen LogP contribution is -2.16. The molecule has 5 heteroatoms. The summed E-state index contributed by atoms with van der Waals surface area (Å²) < 4.78 is 24.0. The van der Waals surface area contributed by atoms with E-state index in [0.29, 0.717) is 5.56 Å². The van der Waals surface area contributed by atoms with Crippen molar-refractivity contribution < 1.29 is 18.3 Å². The number of rotatable bonds is 4. The molecule has 0 fully saturated rings. The van der Waals surface area contributed by atoms with Crippen LogP contribution in [-0.2, 0) is 9.84 Å². The molecule has 4 nitrogen and oxygen atoms in total. The molecule has 0 aliphatic heterocycles. The van der Waals surface area contributed by atoms with Crippen molar-refractivity contribution in [2.75, 3.05) is 0 Å². The predicted molar refractivity (Wildman–Crippen MR) is 65.0 cm³/mol. The number of carboxylic acid groups (broad SMARTS) is 1. The maximum atomic E-state index is 12.0. The Bertz CT molecular complexity index is 558. The third-order valence-corrected chi connectivity index (χ3v) is 4.67. The van der Waals surface area contributed by atoms with E-state index in [1.165, 1.54) is 31.2 Å². The first-order valence-electron chi connectivity index (χ1n) is 5.01. The van der Waals surface area contributed by atoms with Crippen molar-refractivity contribution in [1.29, 1.82) is 0 Å². The van der Waals surface area contributed by atoms with Crippen LogP contribution in [0.4, 0.5) is 0 Å². The van der Waals surface area contributed by atoms with Gasteiger partial charge in [-0.3, -0.25) is 0 Å². The molecular weight excluding hydrogens is 240 g/mol. The molecule has 0 aliphatic carbocycles. The summed E-state index contributed by atoms with van der Waals surface area (Å²) in [6.45, 7) is 6.56. The smallest absolute Gasteiger partial charge is 0.335 e. The maximum Gasteiger partial charge on any atom is 0.335 e. The molecule has 1 N–H and O–H groups in total. The fraction of sp³-hybridized carbons (Fsp3) is 0.250. The second-order valence-corrected chi connectivity index (χ2v) is 6.07. The van der Waals surface area contributed by atoms with Gasteiger partial charge in [0, 0.05) is 0 Å². The van der Waals surface area contributed by atoms with Crippen molar-refractivity contribution in [3.05, 3.63) is 42.0 Å². The summed E-state index contributed by atoms with van der Waals surface area (Å²) in [5.74, 6) is -1.13. The standard InChI is InChI=1S/C12H14O4S/c1-4-9(3)17(15,16)10-6-5-8(2)11(7-10)12(13)14/h4-7,9H,1H2,2-3H3,(H,13,14). The molecule has 0 spiro atoms. The van der Waals surface area contributed by atoms with Gasteiger partial charge in [0.05, 0.1) is 15.7 Å². The SMILES string of the molecule is C=CC(C)S(=O)(=O)c1ccc(C)c(C(=O)O)c1. The zero-order chi connectivity index (χ0) is 13.2. The number of hydrogen-bond acceptors (Lipinski definition) is 3. The van der Waals surface area contributed by atoms with Gasteiger partial charge < -0.3 is 5.11 Å². The number of sulfone groups is 1. The summed E-state index contributed by atoms with van der Waals surface area (Å²) in [5.41, 5.74) is 0.532. The predicted octanol–water partition coefficient (Wildman–Crippen LogP) is 2.04. The van der Waals surface area contributed by atoms with Gasteiger partial charge in [0.1, 0.15) is 0 Å². The second kappa shape index (κ2) is 4.71. The Morgan fingerprint density at radius 2 is 2.06 bits per heavy atom. The molecular formula is C12H14O4S. The Kier molecular flexibility index (Phi) is 3.72. The fourth-order valence-corrected chi connectivity index (χ4v) is 2.57. The molecule has 0 amide bonds. The van der Waals surface area contributed by atoms with Crippen molar-refractivity contribution in [2.24, 2.45) is 0 Å². The van der Waals surface area contributed by atoms with Gasteiger partial charge in [-0.25, -0.2) is 13.2 Å². The fourth-order valence-electron chi connectivity index (χ4n) is 1.35. The molecule has 0 saturated carbocycles. The summed E-state index contributed by atoms with van der Waals surface area (Å²) >= 11 is 0. The van der Waals surface area contributed by atoms with Gasteiger partial charge in [-0.05, 0) is 31.5 Å². The average Bonchev–Trinajstić information content (AvgIpc) is 2.27. The quantitative estimate of drug-likeness (QED) is 0.835. The minimum absolute atomic E-state index is 0.00216. The highest BCUT2D eigenvalue weighted by atomic mass is 32.2. The summed E-state index contributed by atoms with van der Waals surface area (Å²) in [5, 5.41) is 8.19. The number of benzene rings is 1. The molecule has 0 radical (unpaired) electrons. The van der Waals surface area contributed by atoms with Crippen LogP contribution >= 0.6 is 0 Å². The number of hydrogen-bond donors (Lipinski definition) is 1. The Labute approximate surface area is 101 Å². The number of aryl methyl sites for hydroxylation is 1. The van der Waals surface area contributed by atoms with Crippen molar-refractivity contribution >= 4 is 15.8 Å². The highest BCUT2D eigenvalue weighted by Gasteiger charge is 2.22. The van der Waals surface area contributed by atoms with Crippen LogP contribution in [0.5, 0.6) is 0 Å². The first-order chi connectivity index (χ1) is 7.80. The van der Waals surface area contributed by atoms with Gasteiger partial charge in [0.25, 0.3) is 0 Å². The van der Waals surface area contributed by atoms with Gasteiger partial charge in [0.15, 0.2) is 9.84 Å². The third-order valence-electron chi connectivity index (χ3n) is 2.59. The van der Waals surface area contributed by atoms with E-state index in [0.717, 1.165) is 0 Å². The van der Waals surface area contributed by atoms with E-state index in [9.17, 15) is 13.2 Å². The maximum absolute atomic E-state index is 12.0. The van der Waals surface area contributed by atoms with Crippen LogP contribution in [0.2, 0.25) is 0 Å². The van der Waals surface area contributed by atoms with Gasteiger partial charge in [0.2, 0.25) is 0 Å². The first kappa shape index (κ1) is 13.4. The molecule has 1 aromatic carbocycles. The van der Waals surface area contributed by atoms with Crippen LogP contribution < -0.4 is 0 Å². The van der Waals surface area contributed by atoms with E-state index in [1.54, 1.807) is 6.92 Å². The summed E-state index contributed by atoms with van der Waals surface area (Å²) in [7, 11) is -3.54. The van der Waals surface area contributed by atoms with Crippen molar-refractivity contribution in [1.82, 2.24) is 0 Å². The Morgan fingerprint density at radius 1 is 1.47 bits per heavy atom. The Balaban J connectivity index is 3.40. The summed E-state index contributed by atoms with van der Waals surface area (Å²) in [6, 6.07) is 4.09. The molecule has 0 aromatic heterocycles. The van der Waals surface area contributed by atoms with E-state index in [4.69, 9.17) is 5.11 Å². The highest BCUT2D eigenvalue weighted by molar-refractivity contribution is 7.92. The number of aromatic carboxylic acids is 1. The van der Waals surface area contributed by atoms with Crippen LogP contribution in [0.3, 0.4) is 0 Å². The van der Waals surface area contributed by atoms with E-state index in [-0.39, 0.29) is 10.5 Å². The lowest BCUT2D eigenvalue weighted by atomic mass is 10.1. The molecule has 0 bridgehead atoms. The summed E-state index contributed by atoms with van der Waals surface area (Å²) in [6.07, 6.45) is 1.32. The zero-order valence-corrected chi connectivity index (χ0v) is 10.5. The van der Waals surface area contributed by atoms with E-state index in [2.05, 4.69) is 6.58 Å². The minimum Gasteiger partial charge on any atom is -0.478 e. The zero-order valence-electron chi connectivity index (χ0n) is 9.67. The van der Waals surface area contributed by atoms with Crippen molar-refractivity contribution in [3.8, 4) is 0 Å².